The van der Waals surface area contributed by atoms with Crippen molar-refractivity contribution < 1.29 is 9.90 Å². The van der Waals surface area contributed by atoms with E-state index in [2.05, 4.69) is 25.3 Å². The molecule has 23 heavy (non-hydrogen) atoms. The lowest BCUT2D eigenvalue weighted by Gasteiger charge is -2.56. The topological polar surface area (TPSA) is 37.3 Å². The van der Waals surface area contributed by atoms with Gasteiger partial charge in [-0.1, -0.05) is 25.2 Å². The van der Waals surface area contributed by atoms with Crippen LogP contribution in [0.15, 0.2) is 29.5 Å². The molecule has 0 aliphatic heterocycles. The van der Waals surface area contributed by atoms with E-state index in [0.29, 0.717) is 42.3 Å². The molecule has 0 aromatic rings. The van der Waals surface area contributed by atoms with Crippen LogP contribution >= 0.6 is 0 Å². The summed E-state index contributed by atoms with van der Waals surface area (Å²) in [6.45, 7) is 6.53. The van der Waals surface area contributed by atoms with Crippen molar-refractivity contribution in [3.8, 4) is 0 Å². The minimum atomic E-state index is -0.100. The van der Waals surface area contributed by atoms with Gasteiger partial charge in [-0.2, -0.15) is 0 Å². The molecule has 1 N–H and O–H groups in total. The van der Waals surface area contributed by atoms with Crippen LogP contribution in [-0.4, -0.2) is 17.5 Å². The van der Waals surface area contributed by atoms with Crippen LogP contribution in [0.4, 0.5) is 0 Å². The first-order valence-corrected chi connectivity index (χ1v) is 9.31. The lowest BCUT2D eigenvalue weighted by atomic mass is 9.48. The van der Waals surface area contributed by atoms with Gasteiger partial charge in [0.25, 0.3) is 0 Å². The number of aliphatic hydroxyl groups is 1. The number of allylic oxidation sites excluding steroid dienone is 2. The number of carbonyl (C=O) groups is 1. The maximum atomic E-state index is 11.9. The zero-order valence-electron chi connectivity index (χ0n) is 14.2. The number of rotatable bonds is 1. The Morgan fingerprint density at radius 3 is 2.96 bits per heavy atom. The highest BCUT2D eigenvalue weighted by atomic mass is 16.3. The van der Waals surface area contributed by atoms with Crippen LogP contribution in [0.1, 0.15) is 51.9 Å². The van der Waals surface area contributed by atoms with E-state index < -0.39 is 0 Å². The fourth-order valence-corrected chi connectivity index (χ4v) is 6.65. The van der Waals surface area contributed by atoms with Gasteiger partial charge in [0.1, 0.15) is 5.78 Å². The van der Waals surface area contributed by atoms with Crippen LogP contribution in [0.2, 0.25) is 0 Å². The molecule has 4 aliphatic rings. The quantitative estimate of drug-likeness (QED) is 0.585. The van der Waals surface area contributed by atoms with Gasteiger partial charge in [-0.15, -0.1) is 5.73 Å². The van der Waals surface area contributed by atoms with Crippen molar-refractivity contribution in [2.75, 3.05) is 6.61 Å². The fraction of sp³-hybridized carbons (Fsp3) is 0.714. The Labute approximate surface area is 139 Å². The van der Waals surface area contributed by atoms with Gasteiger partial charge in [0.05, 0.1) is 6.61 Å². The number of aliphatic hydroxyl groups excluding tert-OH is 1. The van der Waals surface area contributed by atoms with E-state index in [9.17, 15) is 9.90 Å². The third-order valence-electron chi connectivity index (χ3n) is 7.65. The summed E-state index contributed by atoms with van der Waals surface area (Å²) in [6, 6.07) is 0. The molecule has 0 heterocycles. The second-order valence-corrected chi connectivity index (χ2v) is 8.41. The Morgan fingerprint density at radius 1 is 1.39 bits per heavy atom. The average molecular weight is 312 g/mol. The van der Waals surface area contributed by atoms with Gasteiger partial charge in [-0.3, -0.25) is 4.79 Å². The predicted octanol–water partition coefficient (Wildman–Crippen LogP) is 4.06. The molecule has 3 saturated carbocycles. The van der Waals surface area contributed by atoms with Crippen LogP contribution in [0.3, 0.4) is 0 Å². The van der Waals surface area contributed by atoms with Gasteiger partial charge in [0, 0.05) is 18.3 Å². The number of ketones is 1. The highest BCUT2D eigenvalue weighted by Gasteiger charge is 2.56. The summed E-state index contributed by atoms with van der Waals surface area (Å²) in [6.07, 6.45) is 9.15. The Balaban J connectivity index is 1.74. The second-order valence-electron chi connectivity index (χ2n) is 8.41. The standard InChI is InChI=1S/C21H28O2/c1-3-14-4-6-18-17-7-5-15-11-16(23)8-9-21(15,12-22)19(17)10-13(2)20(14)18/h5,13,17-20,22H,1,4,6-12H2,2H3/t13-,17?,18?,19?,20?,21-/m1/s1. The number of fused-ring (bicyclic) bond motifs is 5. The maximum Gasteiger partial charge on any atom is 0.136 e. The summed E-state index contributed by atoms with van der Waals surface area (Å²) in [7, 11) is 0. The van der Waals surface area contributed by atoms with E-state index in [4.69, 9.17) is 0 Å². The van der Waals surface area contributed by atoms with Gasteiger partial charge in [0.15, 0.2) is 0 Å². The van der Waals surface area contributed by atoms with Gasteiger partial charge < -0.3 is 5.11 Å². The number of Topliss-reactive ketones (excluding diaryl/α,β-unsaturated/α-hetero) is 1. The Kier molecular flexibility index (Phi) is 3.66. The molecule has 0 amide bonds. The van der Waals surface area contributed by atoms with E-state index in [1.165, 1.54) is 24.0 Å². The zero-order valence-corrected chi connectivity index (χ0v) is 14.2. The number of hydrogen-bond donors (Lipinski definition) is 1. The fourth-order valence-electron chi connectivity index (χ4n) is 6.65. The molecule has 124 valence electrons. The molecule has 6 atom stereocenters. The van der Waals surface area contributed by atoms with Crippen LogP contribution < -0.4 is 0 Å². The largest absolute Gasteiger partial charge is 0.395 e. The molecule has 0 saturated heterocycles. The third-order valence-corrected chi connectivity index (χ3v) is 7.65. The molecular formula is C21H28O2. The summed E-state index contributed by atoms with van der Waals surface area (Å²) in [5.41, 5.74) is 5.85. The highest BCUT2D eigenvalue weighted by molar-refractivity contribution is 5.82. The van der Waals surface area contributed by atoms with Crippen LogP contribution in [-0.2, 0) is 4.79 Å². The third kappa shape index (κ3) is 2.08. The van der Waals surface area contributed by atoms with Crippen molar-refractivity contribution in [3.05, 3.63) is 29.5 Å². The smallest absolute Gasteiger partial charge is 0.136 e. The first kappa shape index (κ1) is 15.4. The Bertz CT molecular complexity index is 609. The van der Waals surface area contributed by atoms with E-state index in [1.807, 2.05) is 0 Å². The molecular weight excluding hydrogens is 284 g/mol. The molecule has 2 nitrogen and oxygen atoms in total. The lowest BCUT2D eigenvalue weighted by molar-refractivity contribution is -0.123. The summed E-state index contributed by atoms with van der Waals surface area (Å²) >= 11 is 0. The molecule has 0 aromatic heterocycles. The van der Waals surface area contributed by atoms with Crippen molar-refractivity contribution in [1.82, 2.24) is 0 Å². The van der Waals surface area contributed by atoms with Gasteiger partial charge in [0.2, 0.25) is 0 Å². The molecule has 4 aliphatic carbocycles. The van der Waals surface area contributed by atoms with Crippen LogP contribution in [0.5, 0.6) is 0 Å². The summed E-state index contributed by atoms with van der Waals surface area (Å²) in [5, 5.41) is 10.3. The van der Waals surface area contributed by atoms with Crippen molar-refractivity contribution in [2.45, 2.75) is 51.9 Å². The van der Waals surface area contributed by atoms with E-state index in [1.54, 1.807) is 0 Å². The van der Waals surface area contributed by atoms with Crippen LogP contribution in [0, 0.1) is 35.0 Å². The van der Waals surface area contributed by atoms with E-state index in [0.717, 1.165) is 25.2 Å². The van der Waals surface area contributed by atoms with Crippen molar-refractivity contribution >= 4 is 5.78 Å². The van der Waals surface area contributed by atoms with Crippen molar-refractivity contribution in [2.24, 2.45) is 35.0 Å². The van der Waals surface area contributed by atoms with E-state index >= 15 is 0 Å². The van der Waals surface area contributed by atoms with E-state index in [-0.39, 0.29) is 12.0 Å². The maximum absolute atomic E-state index is 11.9. The van der Waals surface area contributed by atoms with Gasteiger partial charge in [-0.25, -0.2) is 0 Å². The molecule has 3 fully saturated rings. The molecule has 0 radical (unpaired) electrons. The predicted molar refractivity (Wildman–Crippen MR) is 90.7 cm³/mol. The second kappa shape index (κ2) is 5.46. The minimum Gasteiger partial charge on any atom is -0.395 e. The van der Waals surface area contributed by atoms with Crippen molar-refractivity contribution in [3.63, 3.8) is 0 Å². The zero-order chi connectivity index (χ0) is 16.2. The van der Waals surface area contributed by atoms with Crippen molar-refractivity contribution in [1.29, 1.82) is 0 Å². The average Bonchev–Trinajstić information content (AvgIpc) is 2.99. The van der Waals surface area contributed by atoms with Gasteiger partial charge >= 0.3 is 0 Å². The first-order chi connectivity index (χ1) is 11.1. The molecule has 4 unspecified atom stereocenters. The Hall–Kier alpha value is -1.11. The lowest BCUT2D eigenvalue weighted by Crippen LogP contribution is -2.51. The molecule has 0 spiro atoms. The summed E-state index contributed by atoms with van der Waals surface area (Å²) in [5.74, 6) is 3.62. The normalized spacial score (nSPS) is 45.7. The molecule has 4 rings (SSSR count). The first-order valence-electron chi connectivity index (χ1n) is 9.31. The summed E-state index contributed by atoms with van der Waals surface area (Å²) < 4.78 is 0. The van der Waals surface area contributed by atoms with Gasteiger partial charge in [-0.05, 0) is 67.3 Å². The van der Waals surface area contributed by atoms with Crippen LogP contribution in [0.25, 0.3) is 0 Å². The number of hydrogen-bond acceptors (Lipinski definition) is 2. The summed E-state index contributed by atoms with van der Waals surface area (Å²) in [4.78, 5) is 11.9. The molecule has 2 heteroatoms. The Morgan fingerprint density at radius 2 is 2.22 bits per heavy atom. The SMILES string of the molecule is C=C=C1CCC2C3CC=C4CC(=O)CC[C@]4(CO)C3C[C@@H](C)C12. The monoisotopic (exact) mass is 312 g/mol. The minimum absolute atomic E-state index is 0.100. The molecule has 0 aromatic carbocycles. The highest BCUT2D eigenvalue weighted by Crippen LogP contribution is 2.62. The molecule has 0 bridgehead atoms. The number of carbonyl (C=O) groups excluding carboxylic acids is 1.